The summed E-state index contributed by atoms with van der Waals surface area (Å²) in [7, 11) is 0. The van der Waals surface area contributed by atoms with Gasteiger partial charge in [0.2, 0.25) is 11.5 Å². The SMILES string of the molecule is CC(O)(C(=O)N1CC[C@H]2CN(C(=O)CCn3cncn3)C[C@@H]21)C(F)(F)F. The van der Waals surface area contributed by atoms with Gasteiger partial charge in [0.25, 0.3) is 5.91 Å². The van der Waals surface area contributed by atoms with Crippen LogP contribution < -0.4 is 0 Å². The smallest absolute Gasteiger partial charge is 0.373 e. The van der Waals surface area contributed by atoms with Gasteiger partial charge in [0.05, 0.1) is 12.6 Å². The van der Waals surface area contributed by atoms with E-state index in [0.29, 0.717) is 26.4 Å². The number of carbonyl (C=O) groups excluding carboxylic acids is 2. The van der Waals surface area contributed by atoms with Gasteiger partial charge in [-0.25, -0.2) is 4.98 Å². The van der Waals surface area contributed by atoms with Crippen molar-refractivity contribution in [1.29, 1.82) is 0 Å². The molecule has 3 heterocycles. The number of alkyl halides is 3. The van der Waals surface area contributed by atoms with Gasteiger partial charge < -0.3 is 14.9 Å². The summed E-state index contributed by atoms with van der Waals surface area (Å²) in [6.45, 7) is 1.56. The maximum Gasteiger partial charge on any atom is 0.426 e. The van der Waals surface area contributed by atoms with E-state index in [1.54, 1.807) is 4.90 Å². The van der Waals surface area contributed by atoms with Crippen molar-refractivity contribution in [2.75, 3.05) is 19.6 Å². The topological polar surface area (TPSA) is 91.6 Å². The van der Waals surface area contributed by atoms with Crippen molar-refractivity contribution < 1.29 is 27.9 Å². The lowest BCUT2D eigenvalue weighted by atomic mass is 10.0. The first-order valence-electron chi connectivity index (χ1n) is 8.31. The molecular formula is C15H20F3N5O3. The monoisotopic (exact) mass is 375 g/mol. The molecule has 1 N–H and O–H groups in total. The molecule has 1 aromatic heterocycles. The fourth-order valence-electron chi connectivity index (χ4n) is 3.53. The van der Waals surface area contributed by atoms with Gasteiger partial charge in [0.1, 0.15) is 12.7 Å². The van der Waals surface area contributed by atoms with E-state index in [4.69, 9.17) is 0 Å². The first kappa shape index (κ1) is 18.6. The molecule has 1 aromatic rings. The molecule has 0 radical (unpaired) electrons. The van der Waals surface area contributed by atoms with Crippen LogP contribution in [0.15, 0.2) is 12.7 Å². The molecule has 1 unspecified atom stereocenters. The highest BCUT2D eigenvalue weighted by atomic mass is 19.4. The number of aryl methyl sites for hydroxylation is 1. The van der Waals surface area contributed by atoms with Crippen molar-refractivity contribution in [2.24, 2.45) is 5.92 Å². The number of rotatable bonds is 4. The van der Waals surface area contributed by atoms with E-state index in [0.717, 1.165) is 4.90 Å². The molecule has 2 amide bonds. The highest BCUT2D eigenvalue weighted by Gasteiger charge is 2.59. The van der Waals surface area contributed by atoms with E-state index in [1.807, 2.05) is 0 Å². The van der Waals surface area contributed by atoms with E-state index in [-0.39, 0.29) is 31.3 Å². The molecule has 0 saturated carbocycles. The van der Waals surface area contributed by atoms with Crippen molar-refractivity contribution >= 4 is 11.8 Å². The summed E-state index contributed by atoms with van der Waals surface area (Å²) >= 11 is 0. The molecule has 2 saturated heterocycles. The van der Waals surface area contributed by atoms with E-state index in [2.05, 4.69) is 10.1 Å². The van der Waals surface area contributed by atoms with Gasteiger partial charge in [-0.3, -0.25) is 14.3 Å². The molecule has 0 aliphatic carbocycles. The third-order valence-electron chi connectivity index (χ3n) is 5.15. The largest absolute Gasteiger partial charge is 0.426 e. The van der Waals surface area contributed by atoms with Crippen LogP contribution in [0.5, 0.6) is 0 Å². The second kappa shape index (κ2) is 6.53. The lowest BCUT2D eigenvalue weighted by Gasteiger charge is -2.33. The van der Waals surface area contributed by atoms with Gasteiger partial charge in [-0.2, -0.15) is 18.3 Å². The Labute approximate surface area is 147 Å². The summed E-state index contributed by atoms with van der Waals surface area (Å²) < 4.78 is 40.4. The van der Waals surface area contributed by atoms with Crippen LogP contribution in [0.2, 0.25) is 0 Å². The van der Waals surface area contributed by atoms with Crippen LogP contribution in [0.25, 0.3) is 0 Å². The highest BCUT2D eigenvalue weighted by molar-refractivity contribution is 5.86. The molecule has 144 valence electrons. The first-order chi connectivity index (χ1) is 12.1. The fraction of sp³-hybridized carbons (Fsp3) is 0.733. The molecule has 26 heavy (non-hydrogen) atoms. The minimum absolute atomic E-state index is 0.0710. The number of aromatic nitrogens is 3. The molecule has 8 nitrogen and oxygen atoms in total. The third-order valence-corrected chi connectivity index (χ3v) is 5.15. The number of hydrogen-bond acceptors (Lipinski definition) is 5. The fourth-order valence-corrected chi connectivity index (χ4v) is 3.53. The average Bonchev–Trinajstić information content (AvgIpc) is 3.27. The van der Waals surface area contributed by atoms with Gasteiger partial charge in [-0.15, -0.1) is 0 Å². The molecule has 2 aliphatic heterocycles. The molecule has 2 fully saturated rings. The highest BCUT2D eigenvalue weighted by Crippen LogP contribution is 2.37. The molecule has 3 atom stereocenters. The molecule has 2 aliphatic rings. The van der Waals surface area contributed by atoms with E-state index in [9.17, 15) is 27.9 Å². The maximum atomic E-state index is 12.9. The minimum atomic E-state index is -5.05. The van der Waals surface area contributed by atoms with Crippen molar-refractivity contribution in [3.63, 3.8) is 0 Å². The number of hydrogen-bond donors (Lipinski definition) is 1. The van der Waals surface area contributed by atoms with Crippen LogP contribution in [0, 0.1) is 5.92 Å². The summed E-state index contributed by atoms with van der Waals surface area (Å²) in [5, 5.41) is 13.6. The maximum absolute atomic E-state index is 12.9. The van der Waals surface area contributed by atoms with Crippen LogP contribution in [0.4, 0.5) is 13.2 Å². The summed E-state index contributed by atoms with van der Waals surface area (Å²) in [4.78, 5) is 31.0. The zero-order chi connectivity index (χ0) is 19.1. The zero-order valence-corrected chi connectivity index (χ0v) is 14.2. The van der Waals surface area contributed by atoms with Gasteiger partial charge in [0.15, 0.2) is 0 Å². The van der Waals surface area contributed by atoms with Crippen molar-refractivity contribution in [3.8, 4) is 0 Å². The van der Waals surface area contributed by atoms with Crippen molar-refractivity contribution in [2.45, 2.75) is 44.1 Å². The molecule has 11 heteroatoms. The van der Waals surface area contributed by atoms with E-state index in [1.165, 1.54) is 17.3 Å². The lowest BCUT2D eigenvalue weighted by Crippen LogP contribution is -2.57. The normalized spacial score (nSPS) is 25.3. The number of carbonyl (C=O) groups is 2. The Morgan fingerprint density at radius 3 is 2.65 bits per heavy atom. The summed E-state index contributed by atoms with van der Waals surface area (Å²) in [5.74, 6) is -1.57. The van der Waals surface area contributed by atoms with Gasteiger partial charge >= 0.3 is 6.18 Å². The van der Waals surface area contributed by atoms with E-state index < -0.39 is 23.7 Å². The Bertz CT molecular complexity index is 677. The number of amides is 2. The Balaban J connectivity index is 1.61. The standard InChI is InChI=1S/C15H20F3N5O3/c1-14(26,15(16,17)18)13(25)23-5-2-10-6-21(7-11(10)23)12(24)3-4-22-9-19-8-20-22/h8-11,26H,2-7H2,1H3/t10-,11-,14?/m0/s1. The van der Waals surface area contributed by atoms with E-state index >= 15 is 0 Å². The van der Waals surface area contributed by atoms with Crippen LogP contribution in [0.3, 0.4) is 0 Å². The Kier molecular flexibility index (Phi) is 4.67. The Morgan fingerprint density at radius 1 is 1.31 bits per heavy atom. The minimum Gasteiger partial charge on any atom is -0.373 e. The molecular weight excluding hydrogens is 355 g/mol. The zero-order valence-electron chi connectivity index (χ0n) is 14.2. The second-order valence-corrected chi connectivity index (χ2v) is 6.89. The predicted octanol–water partition coefficient (Wildman–Crippen LogP) is 0.0408. The first-order valence-corrected chi connectivity index (χ1v) is 8.31. The van der Waals surface area contributed by atoms with Gasteiger partial charge in [0, 0.05) is 32.0 Å². The van der Waals surface area contributed by atoms with Crippen LogP contribution in [-0.4, -0.2) is 78.9 Å². The van der Waals surface area contributed by atoms with Crippen molar-refractivity contribution in [3.05, 3.63) is 12.7 Å². The van der Waals surface area contributed by atoms with Crippen LogP contribution in [0.1, 0.15) is 19.8 Å². The van der Waals surface area contributed by atoms with Crippen LogP contribution >= 0.6 is 0 Å². The summed E-state index contributed by atoms with van der Waals surface area (Å²) in [5.41, 5.74) is -3.42. The Morgan fingerprint density at radius 2 is 2.04 bits per heavy atom. The Hall–Kier alpha value is -2.17. The van der Waals surface area contributed by atoms with Gasteiger partial charge in [-0.05, 0) is 13.3 Å². The second-order valence-electron chi connectivity index (χ2n) is 6.89. The summed E-state index contributed by atoms with van der Waals surface area (Å²) in [6.07, 6.45) is -1.49. The predicted molar refractivity (Wildman–Crippen MR) is 81.5 cm³/mol. The number of likely N-dealkylation sites (tertiary alicyclic amines) is 2. The van der Waals surface area contributed by atoms with Gasteiger partial charge in [-0.1, -0.05) is 0 Å². The number of halogens is 3. The molecule has 3 rings (SSSR count). The number of aliphatic hydroxyl groups is 1. The molecule has 0 bridgehead atoms. The number of fused-ring (bicyclic) bond motifs is 1. The molecule has 0 aromatic carbocycles. The molecule has 0 spiro atoms. The average molecular weight is 375 g/mol. The quantitative estimate of drug-likeness (QED) is 0.803. The van der Waals surface area contributed by atoms with Crippen molar-refractivity contribution in [1.82, 2.24) is 24.6 Å². The number of nitrogens with zero attached hydrogens (tertiary/aromatic N) is 5. The third kappa shape index (κ3) is 3.27. The lowest BCUT2D eigenvalue weighted by molar-refractivity contribution is -0.250. The van der Waals surface area contributed by atoms with Crippen LogP contribution in [-0.2, 0) is 16.1 Å². The summed E-state index contributed by atoms with van der Waals surface area (Å²) in [6, 6.07) is -0.494.